The van der Waals surface area contributed by atoms with Crippen LogP contribution in [0.1, 0.15) is 67.9 Å². The van der Waals surface area contributed by atoms with Gasteiger partial charge in [-0.05, 0) is 67.9 Å². The van der Waals surface area contributed by atoms with Crippen molar-refractivity contribution in [3.63, 3.8) is 0 Å². The van der Waals surface area contributed by atoms with Gasteiger partial charge >= 0.3 is 0 Å². The van der Waals surface area contributed by atoms with E-state index in [0.717, 1.165) is 11.1 Å². The molecule has 7 nitrogen and oxygen atoms in total. The first-order valence-corrected chi connectivity index (χ1v) is 15.5. The van der Waals surface area contributed by atoms with Gasteiger partial charge in [0.05, 0.1) is 12.3 Å². The summed E-state index contributed by atoms with van der Waals surface area (Å²) in [6.45, 7) is 9.26. The Morgan fingerprint density at radius 2 is 1.77 bits per heavy atom. The van der Waals surface area contributed by atoms with Gasteiger partial charge in [0.2, 0.25) is 15.9 Å². The van der Waals surface area contributed by atoms with Crippen molar-refractivity contribution < 1.29 is 22.4 Å². The Morgan fingerprint density at radius 3 is 2.38 bits per heavy atom. The molecule has 2 aromatic rings. The van der Waals surface area contributed by atoms with E-state index >= 15 is 0 Å². The van der Waals surface area contributed by atoms with Crippen LogP contribution in [0.5, 0.6) is 0 Å². The molecule has 0 bridgehead atoms. The Kier molecular flexibility index (Phi) is 11.1. The van der Waals surface area contributed by atoms with Gasteiger partial charge in [-0.25, -0.2) is 12.8 Å². The molecule has 3 rings (SSSR count). The number of benzene rings is 2. The summed E-state index contributed by atoms with van der Waals surface area (Å²) in [5, 5.41) is 0. The zero-order valence-corrected chi connectivity index (χ0v) is 24.4. The first-order chi connectivity index (χ1) is 18.5. The second-order valence-electron chi connectivity index (χ2n) is 10.8. The molecule has 9 heteroatoms. The summed E-state index contributed by atoms with van der Waals surface area (Å²) in [6.07, 6.45) is 2.28. The Labute approximate surface area is 233 Å². The van der Waals surface area contributed by atoms with E-state index in [4.69, 9.17) is 0 Å². The number of aryl methyl sites for hydroxylation is 1. The van der Waals surface area contributed by atoms with Crippen molar-refractivity contribution in [2.24, 2.45) is 5.92 Å². The van der Waals surface area contributed by atoms with E-state index in [2.05, 4.69) is 0 Å². The van der Waals surface area contributed by atoms with Crippen molar-refractivity contribution in [2.75, 3.05) is 31.9 Å². The van der Waals surface area contributed by atoms with Crippen LogP contribution in [0.3, 0.4) is 0 Å². The number of carbonyl (C=O) groups excluding carboxylic acids is 2. The second kappa shape index (κ2) is 14.0. The molecule has 1 aliphatic rings. The highest BCUT2D eigenvalue weighted by atomic mass is 32.2. The van der Waals surface area contributed by atoms with Crippen molar-refractivity contribution in [3.8, 4) is 0 Å². The van der Waals surface area contributed by atoms with Crippen molar-refractivity contribution in [2.45, 2.75) is 66.0 Å². The standard InChI is InChI=1S/C30H42FN3O4S/c1-5-19-39(37,38)33(18-13-23(2)3)22-29(35)34(21-26-10-7-6-9-24(26)4)28-14-16-32(17-15-28)30(36)25-11-8-12-27(31)20-25/h6-12,20,23,28H,5,13-19,21-22H2,1-4H3. The molecule has 39 heavy (non-hydrogen) atoms. The van der Waals surface area contributed by atoms with Crippen LogP contribution in [0.2, 0.25) is 0 Å². The maximum atomic E-state index is 13.8. The molecule has 0 spiro atoms. The maximum Gasteiger partial charge on any atom is 0.253 e. The van der Waals surface area contributed by atoms with Crippen molar-refractivity contribution in [1.29, 1.82) is 0 Å². The number of likely N-dealkylation sites (tertiary alicyclic amines) is 1. The summed E-state index contributed by atoms with van der Waals surface area (Å²) >= 11 is 0. The zero-order chi connectivity index (χ0) is 28.6. The molecule has 0 aromatic heterocycles. The van der Waals surface area contributed by atoms with E-state index in [0.29, 0.717) is 63.3 Å². The summed E-state index contributed by atoms with van der Waals surface area (Å²) in [6, 6.07) is 13.4. The molecule has 1 heterocycles. The molecule has 0 atom stereocenters. The Bertz CT molecular complexity index is 1230. The van der Waals surface area contributed by atoms with E-state index in [1.807, 2.05) is 52.0 Å². The second-order valence-corrected chi connectivity index (χ2v) is 12.9. The van der Waals surface area contributed by atoms with Crippen LogP contribution in [0.25, 0.3) is 0 Å². The summed E-state index contributed by atoms with van der Waals surface area (Å²) in [4.78, 5) is 30.3. The van der Waals surface area contributed by atoms with Crippen LogP contribution in [0.15, 0.2) is 48.5 Å². The van der Waals surface area contributed by atoms with Gasteiger partial charge in [-0.15, -0.1) is 0 Å². The highest BCUT2D eigenvalue weighted by Crippen LogP contribution is 2.23. The number of sulfonamides is 1. The minimum Gasteiger partial charge on any atom is -0.338 e. The van der Waals surface area contributed by atoms with Crippen molar-refractivity contribution in [1.82, 2.24) is 14.1 Å². The number of hydrogen-bond donors (Lipinski definition) is 0. The molecule has 0 unspecified atom stereocenters. The Morgan fingerprint density at radius 1 is 1.08 bits per heavy atom. The van der Waals surface area contributed by atoms with Crippen LogP contribution >= 0.6 is 0 Å². The molecular weight excluding hydrogens is 517 g/mol. The molecular formula is C30H42FN3O4S. The van der Waals surface area contributed by atoms with Gasteiger partial charge in [0.15, 0.2) is 0 Å². The SMILES string of the molecule is CCCS(=O)(=O)N(CCC(C)C)CC(=O)N(Cc1ccccc1C)C1CCN(C(=O)c2cccc(F)c2)CC1. The number of piperidine rings is 1. The minimum atomic E-state index is -3.56. The van der Waals surface area contributed by atoms with Crippen LogP contribution in [0, 0.1) is 18.7 Å². The first kappa shape index (κ1) is 30.8. The highest BCUT2D eigenvalue weighted by molar-refractivity contribution is 7.89. The van der Waals surface area contributed by atoms with Crippen LogP contribution in [-0.4, -0.2) is 72.3 Å². The summed E-state index contributed by atoms with van der Waals surface area (Å²) < 4.78 is 41.1. The highest BCUT2D eigenvalue weighted by Gasteiger charge is 2.33. The van der Waals surface area contributed by atoms with Gasteiger partial charge in [0.1, 0.15) is 5.82 Å². The van der Waals surface area contributed by atoms with E-state index < -0.39 is 15.8 Å². The fourth-order valence-electron chi connectivity index (χ4n) is 4.92. The molecule has 1 fully saturated rings. The molecule has 0 radical (unpaired) electrons. The third-order valence-electron chi connectivity index (χ3n) is 7.31. The molecule has 2 aromatic carbocycles. The molecule has 1 aliphatic heterocycles. The molecule has 214 valence electrons. The van der Waals surface area contributed by atoms with Gasteiger partial charge < -0.3 is 9.80 Å². The summed E-state index contributed by atoms with van der Waals surface area (Å²) in [7, 11) is -3.56. The number of rotatable bonds is 12. The van der Waals surface area contributed by atoms with Gasteiger partial charge in [-0.1, -0.05) is 51.1 Å². The predicted octanol–water partition coefficient (Wildman–Crippen LogP) is 4.86. The number of carbonyl (C=O) groups is 2. The largest absolute Gasteiger partial charge is 0.338 e. The number of amides is 2. The quantitative estimate of drug-likeness (QED) is 0.372. The number of hydrogen-bond acceptors (Lipinski definition) is 4. The van der Waals surface area contributed by atoms with E-state index in [1.165, 1.54) is 22.5 Å². The van der Waals surface area contributed by atoms with Crippen LogP contribution < -0.4 is 0 Å². The Balaban J connectivity index is 1.80. The maximum absolute atomic E-state index is 13.8. The molecule has 2 amide bonds. The monoisotopic (exact) mass is 559 g/mol. The van der Waals surface area contributed by atoms with E-state index in [-0.39, 0.29) is 30.2 Å². The lowest BCUT2D eigenvalue weighted by Gasteiger charge is -2.39. The molecule has 0 N–H and O–H groups in total. The average Bonchev–Trinajstić information content (AvgIpc) is 2.90. The normalized spacial score (nSPS) is 14.7. The molecule has 0 aliphatic carbocycles. The molecule has 1 saturated heterocycles. The lowest BCUT2D eigenvalue weighted by Crippen LogP contribution is -2.51. The summed E-state index contributed by atoms with van der Waals surface area (Å²) in [5.74, 6) is -0.586. The average molecular weight is 560 g/mol. The van der Waals surface area contributed by atoms with Gasteiger partial charge in [0, 0.05) is 37.8 Å². The smallest absolute Gasteiger partial charge is 0.253 e. The van der Waals surface area contributed by atoms with Gasteiger partial charge in [-0.2, -0.15) is 4.31 Å². The zero-order valence-electron chi connectivity index (χ0n) is 23.6. The lowest BCUT2D eigenvalue weighted by atomic mass is 10.00. The first-order valence-electron chi connectivity index (χ1n) is 13.9. The van der Waals surface area contributed by atoms with E-state index in [1.54, 1.807) is 15.9 Å². The fourth-order valence-corrected chi connectivity index (χ4v) is 6.39. The third kappa shape index (κ3) is 8.60. The van der Waals surface area contributed by atoms with Crippen LogP contribution in [-0.2, 0) is 21.4 Å². The van der Waals surface area contributed by atoms with Crippen molar-refractivity contribution >= 4 is 21.8 Å². The topological polar surface area (TPSA) is 78.0 Å². The lowest BCUT2D eigenvalue weighted by molar-refractivity contribution is -0.135. The van der Waals surface area contributed by atoms with Crippen molar-refractivity contribution in [3.05, 3.63) is 71.0 Å². The fraction of sp³-hybridized carbons (Fsp3) is 0.533. The van der Waals surface area contributed by atoms with Gasteiger partial charge in [0.25, 0.3) is 5.91 Å². The van der Waals surface area contributed by atoms with E-state index in [9.17, 15) is 22.4 Å². The number of halogens is 1. The van der Waals surface area contributed by atoms with Crippen LogP contribution in [0.4, 0.5) is 4.39 Å². The number of nitrogens with zero attached hydrogens (tertiary/aromatic N) is 3. The van der Waals surface area contributed by atoms with Gasteiger partial charge in [-0.3, -0.25) is 9.59 Å². The third-order valence-corrected chi connectivity index (χ3v) is 9.33. The Hall–Kier alpha value is -2.78. The predicted molar refractivity (Wildman–Crippen MR) is 152 cm³/mol. The molecule has 0 saturated carbocycles. The summed E-state index contributed by atoms with van der Waals surface area (Å²) in [5.41, 5.74) is 2.38. The minimum absolute atomic E-state index is 0.0107.